The fourth-order valence-corrected chi connectivity index (χ4v) is 2.55. The molecule has 0 aliphatic carbocycles. The fraction of sp³-hybridized carbons (Fsp3) is 0.769. The molecule has 1 fully saturated rings. The lowest BCUT2D eigenvalue weighted by atomic mass is 10.0. The summed E-state index contributed by atoms with van der Waals surface area (Å²) in [5, 5.41) is 4.41. The van der Waals surface area contributed by atoms with Gasteiger partial charge >= 0.3 is 0 Å². The van der Waals surface area contributed by atoms with E-state index < -0.39 is 0 Å². The Bertz CT molecular complexity index is 415. The van der Waals surface area contributed by atoms with E-state index in [0.29, 0.717) is 0 Å². The van der Waals surface area contributed by atoms with Crippen LogP contribution < -0.4 is 16.0 Å². The zero-order valence-electron chi connectivity index (χ0n) is 12.5. The molecule has 3 N–H and O–H groups in total. The van der Waals surface area contributed by atoms with Crippen LogP contribution in [0.5, 0.6) is 5.75 Å². The van der Waals surface area contributed by atoms with Gasteiger partial charge in [-0.1, -0.05) is 0 Å². The summed E-state index contributed by atoms with van der Waals surface area (Å²) in [4.78, 5) is 2.12. The third-order valence-corrected chi connectivity index (χ3v) is 3.63. The fourth-order valence-electron chi connectivity index (χ4n) is 2.55. The number of likely N-dealkylation sites (N-methyl/N-ethyl adjacent to an activating group) is 1. The van der Waals surface area contributed by atoms with Crippen LogP contribution in [0.1, 0.15) is 24.6 Å². The van der Waals surface area contributed by atoms with Crippen molar-refractivity contribution in [3.63, 3.8) is 0 Å². The maximum atomic E-state index is 5.76. The van der Waals surface area contributed by atoms with Crippen LogP contribution in [0.2, 0.25) is 0 Å². The molecule has 0 aromatic carbocycles. The van der Waals surface area contributed by atoms with E-state index in [0.717, 1.165) is 44.0 Å². The number of nitrogens with zero attached hydrogens (tertiary/aromatic N) is 3. The van der Waals surface area contributed by atoms with Crippen LogP contribution in [0.15, 0.2) is 6.20 Å². The highest BCUT2D eigenvalue weighted by molar-refractivity contribution is 5.29. The first-order valence-electron chi connectivity index (χ1n) is 6.99. The van der Waals surface area contributed by atoms with Crippen molar-refractivity contribution in [2.75, 3.05) is 34.4 Å². The molecule has 1 aromatic rings. The minimum absolute atomic E-state index is 0.0729. The SMILES string of the molecule is COc1cnn(CCN(C)C)c1C(NN)C1CCCO1. The smallest absolute Gasteiger partial charge is 0.161 e. The number of rotatable bonds is 7. The quantitative estimate of drug-likeness (QED) is 0.547. The van der Waals surface area contributed by atoms with Gasteiger partial charge in [-0.05, 0) is 26.9 Å². The Kier molecular flexibility index (Phi) is 5.36. The molecule has 2 atom stereocenters. The normalized spacial score (nSPS) is 20.6. The van der Waals surface area contributed by atoms with Crippen molar-refractivity contribution in [2.45, 2.75) is 31.5 Å². The van der Waals surface area contributed by atoms with E-state index in [-0.39, 0.29) is 12.1 Å². The third kappa shape index (κ3) is 3.29. The lowest BCUT2D eigenvalue weighted by molar-refractivity contribution is 0.0744. The Labute approximate surface area is 120 Å². The van der Waals surface area contributed by atoms with Crippen molar-refractivity contribution in [1.82, 2.24) is 20.1 Å². The van der Waals surface area contributed by atoms with Crippen molar-refractivity contribution < 1.29 is 9.47 Å². The second kappa shape index (κ2) is 7.03. The Morgan fingerprint density at radius 1 is 1.65 bits per heavy atom. The van der Waals surface area contributed by atoms with Gasteiger partial charge in [0.15, 0.2) is 5.75 Å². The minimum atomic E-state index is -0.0999. The van der Waals surface area contributed by atoms with Gasteiger partial charge in [-0.15, -0.1) is 0 Å². The van der Waals surface area contributed by atoms with E-state index in [1.807, 2.05) is 18.8 Å². The van der Waals surface area contributed by atoms with E-state index in [1.165, 1.54) is 0 Å². The number of nitrogens with one attached hydrogen (secondary N) is 1. The molecular formula is C13H25N5O2. The van der Waals surface area contributed by atoms with Gasteiger partial charge in [0, 0.05) is 13.2 Å². The Morgan fingerprint density at radius 3 is 3.00 bits per heavy atom. The summed E-state index contributed by atoms with van der Waals surface area (Å²) < 4.78 is 13.1. The number of ether oxygens (including phenoxy) is 2. The van der Waals surface area contributed by atoms with E-state index in [2.05, 4.69) is 15.4 Å². The molecule has 2 heterocycles. The number of hydrogen-bond donors (Lipinski definition) is 2. The van der Waals surface area contributed by atoms with Crippen LogP contribution >= 0.6 is 0 Å². The molecule has 2 unspecified atom stereocenters. The predicted molar refractivity (Wildman–Crippen MR) is 76.4 cm³/mol. The summed E-state index contributed by atoms with van der Waals surface area (Å²) in [7, 11) is 5.73. The van der Waals surface area contributed by atoms with Crippen molar-refractivity contribution in [1.29, 1.82) is 0 Å². The standard InChI is InChI=1S/C13H25N5O2/c1-17(2)6-7-18-13(11(19-3)9-15-18)12(16-14)10-5-4-8-20-10/h9-10,12,16H,4-8,14H2,1-3H3. The zero-order valence-corrected chi connectivity index (χ0v) is 12.5. The minimum Gasteiger partial charge on any atom is -0.493 e. The highest BCUT2D eigenvalue weighted by Gasteiger charge is 2.31. The molecule has 0 amide bonds. The van der Waals surface area contributed by atoms with Crippen LogP contribution in [0.4, 0.5) is 0 Å². The maximum Gasteiger partial charge on any atom is 0.161 e. The molecule has 0 radical (unpaired) electrons. The van der Waals surface area contributed by atoms with E-state index in [1.54, 1.807) is 13.3 Å². The summed E-state index contributed by atoms with van der Waals surface area (Å²) in [5.41, 5.74) is 3.83. The lowest BCUT2D eigenvalue weighted by Gasteiger charge is -2.24. The summed E-state index contributed by atoms with van der Waals surface area (Å²) in [6.07, 6.45) is 3.88. The van der Waals surface area contributed by atoms with Gasteiger partial charge in [0.05, 0.1) is 32.0 Å². The molecule has 1 aliphatic rings. The van der Waals surface area contributed by atoms with Gasteiger partial charge < -0.3 is 14.4 Å². The average Bonchev–Trinajstić information content (AvgIpc) is 3.07. The van der Waals surface area contributed by atoms with Crippen molar-refractivity contribution in [3.8, 4) is 5.75 Å². The number of aromatic nitrogens is 2. The molecule has 1 aliphatic heterocycles. The Morgan fingerprint density at radius 2 is 2.45 bits per heavy atom. The van der Waals surface area contributed by atoms with Crippen LogP contribution in [0.25, 0.3) is 0 Å². The molecule has 20 heavy (non-hydrogen) atoms. The molecule has 1 aromatic heterocycles. The largest absolute Gasteiger partial charge is 0.493 e. The molecule has 7 heteroatoms. The molecule has 1 saturated heterocycles. The average molecular weight is 283 g/mol. The number of nitrogens with two attached hydrogens (primary N) is 1. The highest BCUT2D eigenvalue weighted by atomic mass is 16.5. The number of methoxy groups -OCH3 is 1. The third-order valence-electron chi connectivity index (χ3n) is 3.63. The molecule has 0 spiro atoms. The number of hydrogen-bond acceptors (Lipinski definition) is 6. The van der Waals surface area contributed by atoms with E-state index >= 15 is 0 Å². The van der Waals surface area contributed by atoms with Gasteiger partial charge in [0.1, 0.15) is 5.69 Å². The summed E-state index contributed by atoms with van der Waals surface area (Å²) in [5.74, 6) is 6.51. The summed E-state index contributed by atoms with van der Waals surface area (Å²) in [6.45, 7) is 2.48. The summed E-state index contributed by atoms with van der Waals surface area (Å²) in [6, 6.07) is -0.0999. The first-order valence-corrected chi connectivity index (χ1v) is 6.99. The van der Waals surface area contributed by atoms with Crippen molar-refractivity contribution >= 4 is 0 Å². The second-order valence-electron chi connectivity index (χ2n) is 5.32. The maximum absolute atomic E-state index is 5.76. The first-order chi connectivity index (χ1) is 9.67. The Balaban J connectivity index is 2.23. The molecule has 0 saturated carbocycles. The van der Waals surface area contributed by atoms with Crippen molar-refractivity contribution in [3.05, 3.63) is 11.9 Å². The van der Waals surface area contributed by atoms with Crippen LogP contribution in [0.3, 0.4) is 0 Å². The van der Waals surface area contributed by atoms with Gasteiger partial charge in [0.25, 0.3) is 0 Å². The zero-order chi connectivity index (χ0) is 14.5. The molecule has 2 rings (SSSR count). The van der Waals surface area contributed by atoms with Gasteiger partial charge in [-0.2, -0.15) is 5.10 Å². The van der Waals surface area contributed by atoms with Crippen molar-refractivity contribution in [2.24, 2.45) is 5.84 Å². The van der Waals surface area contributed by atoms with E-state index in [9.17, 15) is 0 Å². The van der Waals surface area contributed by atoms with Crippen LogP contribution in [0, 0.1) is 0 Å². The Hall–Kier alpha value is -1.15. The lowest BCUT2D eigenvalue weighted by Crippen LogP contribution is -2.38. The van der Waals surface area contributed by atoms with Crippen LogP contribution in [-0.2, 0) is 11.3 Å². The molecule has 7 nitrogen and oxygen atoms in total. The second-order valence-corrected chi connectivity index (χ2v) is 5.32. The van der Waals surface area contributed by atoms with Crippen LogP contribution in [-0.4, -0.2) is 55.1 Å². The molecule has 114 valence electrons. The van der Waals surface area contributed by atoms with Gasteiger partial charge in [-0.3, -0.25) is 10.5 Å². The van der Waals surface area contributed by atoms with Gasteiger partial charge in [-0.25, -0.2) is 5.43 Å². The topological polar surface area (TPSA) is 77.6 Å². The summed E-state index contributed by atoms with van der Waals surface area (Å²) >= 11 is 0. The monoisotopic (exact) mass is 283 g/mol. The molecular weight excluding hydrogens is 258 g/mol. The van der Waals surface area contributed by atoms with Gasteiger partial charge in [0.2, 0.25) is 0 Å². The first kappa shape index (κ1) is 15.2. The molecule has 0 bridgehead atoms. The predicted octanol–water partition coefficient (Wildman–Crippen LogP) is 0.137. The van der Waals surface area contributed by atoms with E-state index in [4.69, 9.17) is 15.3 Å². The highest BCUT2D eigenvalue weighted by Crippen LogP contribution is 2.32. The number of hydrazine groups is 1.